The molecule has 2 bridgehead atoms. The van der Waals surface area contributed by atoms with Gasteiger partial charge in [-0.1, -0.05) is 13.8 Å². The van der Waals surface area contributed by atoms with E-state index in [1.165, 1.54) is 4.90 Å². The Hall–Kier alpha value is -2.26. The first-order valence-corrected chi connectivity index (χ1v) is 12.1. The number of amides is 3. The maximum atomic E-state index is 13.6. The van der Waals surface area contributed by atoms with Crippen LogP contribution in [0.3, 0.4) is 0 Å². The van der Waals surface area contributed by atoms with E-state index in [1.54, 1.807) is 43.1 Å². The molecule has 0 saturated carbocycles. The zero-order valence-corrected chi connectivity index (χ0v) is 19.5. The number of aliphatic hydroxyl groups is 1. The summed E-state index contributed by atoms with van der Waals surface area (Å²) in [7, 11) is 1.58. The standard InChI is InChI=1S/C23H31N3O5S/c1-4-9-24-20(28)17-16-12-13(2)23(32-16)18(17)22(30)26(10-11-27)19(23)21(29)25-14-5-7-15(31-3)8-6-14/h5-8,13,16-19,27H,4,9-12H2,1-3H3,(H,24,28)(H,25,29)/t13?,16-,17+,18+,19?,23?/m1/s1. The second-order valence-electron chi connectivity index (χ2n) is 8.82. The largest absolute Gasteiger partial charge is 0.497 e. The zero-order chi connectivity index (χ0) is 23.0. The number of hydrogen-bond acceptors (Lipinski definition) is 6. The first kappa shape index (κ1) is 22.9. The summed E-state index contributed by atoms with van der Waals surface area (Å²) in [5.41, 5.74) is 0.606. The van der Waals surface area contributed by atoms with E-state index in [-0.39, 0.29) is 42.0 Å². The van der Waals surface area contributed by atoms with Gasteiger partial charge >= 0.3 is 0 Å². The molecule has 3 saturated heterocycles. The van der Waals surface area contributed by atoms with Crippen LogP contribution in [0.2, 0.25) is 0 Å². The Labute approximate surface area is 192 Å². The normalized spacial score (nSPS) is 32.7. The number of carbonyl (C=O) groups is 3. The molecule has 3 heterocycles. The summed E-state index contributed by atoms with van der Waals surface area (Å²) in [6.45, 7) is 4.46. The number of anilines is 1. The molecule has 1 spiro atoms. The molecule has 8 nitrogen and oxygen atoms in total. The van der Waals surface area contributed by atoms with Crippen molar-refractivity contribution in [3.05, 3.63) is 24.3 Å². The average molecular weight is 462 g/mol. The maximum absolute atomic E-state index is 13.6. The highest BCUT2D eigenvalue weighted by molar-refractivity contribution is 8.02. The van der Waals surface area contributed by atoms with Crippen molar-refractivity contribution < 1.29 is 24.2 Å². The van der Waals surface area contributed by atoms with E-state index >= 15 is 0 Å². The van der Waals surface area contributed by atoms with E-state index < -0.39 is 22.6 Å². The molecule has 6 atom stereocenters. The lowest BCUT2D eigenvalue weighted by molar-refractivity contribution is -0.139. The number of fused-ring (bicyclic) bond motifs is 1. The fourth-order valence-electron chi connectivity index (χ4n) is 5.72. The van der Waals surface area contributed by atoms with Gasteiger partial charge in [0.15, 0.2) is 0 Å². The third-order valence-corrected chi connectivity index (χ3v) is 9.12. The van der Waals surface area contributed by atoms with Crippen molar-refractivity contribution in [2.45, 2.75) is 42.7 Å². The van der Waals surface area contributed by atoms with Gasteiger partial charge in [0.25, 0.3) is 0 Å². The first-order valence-electron chi connectivity index (χ1n) is 11.2. The highest BCUT2D eigenvalue weighted by Gasteiger charge is 2.75. The lowest BCUT2D eigenvalue weighted by atomic mass is 9.66. The van der Waals surface area contributed by atoms with Crippen LogP contribution in [0.15, 0.2) is 24.3 Å². The van der Waals surface area contributed by atoms with E-state index in [0.717, 1.165) is 12.8 Å². The van der Waals surface area contributed by atoms with Crippen LogP contribution >= 0.6 is 11.8 Å². The molecule has 1 aromatic carbocycles. The summed E-state index contributed by atoms with van der Waals surface area (Å²) in [5, 5.41) is 15.6. The van der Waals surface area contributed by atoms with Crippen molar-refractivity contribution in [1.82, 2.24) is 10.2 Å². The summed E-state index contributed by atoms with van der Waals surface area (Å²) in [4.78, 5) is 41.7. The van der Waals surface area contributed by atoms with Gasteiger partial charge in [0, 0.05) is 24.0 Å². The molecular formula is C23H31N3O5S. The number of methoxy groups -OCH3 is 1. The summed E-state index contributed by atoms with van der Waals surface area (Å²) < 4.78 is 4.50. The monoisotopic (exact) mass is 461 g/mol. The third-order valence-electron chi connectivity index (χ3n) is 7.04. The number of rotatable bonds is 8. The van der Waals surface area contributed by atoms with Gasteiger partial charge in [0.1, 0.15) is 11.8 Å². The van der Waals surface area contributed by atoms with E-state index in [0.29, 0.717) is 18.0 Å². The van der Waals surface area contributed by atoms with Crippen molar-refractivity contribution >= 4 is 35.2 Å². The molecule has 3 N–H and O–H groups in total. The molecule has 3 aliphatic heterocycles. The minimum atomic E-state index is -0.747. The molecule has 0 aromatic heterocycles. The van der Waals surface area contributed by atoms with Gasteiger partial charge in [-0.3, -0.25) is 14.4 Å². The second kappa shape index (κ2) is 8.94. The number of hydrogen-bond donors (Lipinski definition) is 3. The topological polar surface area (TPSA) is 108 Å². The number of β-amino-alcohol motifs (C(OH)–C–C–N with tert-alkyl or cyclic N) is 1. The molecule has 3 amide bonds. The van der Waals surface area contributed by atoms with Crippen LogP contribution in [0.4, 0.5) is 5.69 Å². The van der Waals surface area contributed by atoms with E-state index in [4.69, 9.17) is 4.74 Å². The minimum Gasteiger partial charge on any atom is -0.497 e. The smallest absolute Gasteiger partial charge is 0.248 e. The quantitative estimate of drug-likeness (QED) is 0.541. The van der Waals surface area contributed by atoms with E-state index in [9.17, 15) is 19.5 Å². The lowest BCUT2D eigenvalue weighted by Gasteiger charge is -2.38. The van der Waals surface area contributed by atoms with Gasteiger partial charge in [-0.15, -0.1) is 11.8 Å². The van der Waals surface area contributed by atoms with Gasteiger partial charge in [0.05, 0.1) is 30.3 Å². The van der Waals surface area contributed by atoms with Crippen molar-refractivity contribution in [1.29, 1.82) is 0 Å². The Morgan fingerprint density at radius 2 is 2.00 bits per heavy atom. The highest BCUT2D eigenvalue weighted by Crippen LogP contribution is 2.68. The molecule has 3 unspecified atom stereocenters. The Bertz CT molecular complexity index is 894. The number of nitrogens with one attached hydrogen (secondary N) is 2. The van der Waals surface area contributed by atoms with Crippen LogP contribution in [0.5, 0.6) is 5.75 Å². The van der Waals surface area contributed by atoms with Crippen molar-refractivity contribution in [2.24, 2.45) is 17.8 Å². The number of thioether (sulfide) groups is 1. The zero-order valence-electron chi connectivity index (χ0n) is 18.7. The number of likely N-dealkylation sites (tertiary alicyclic amines) is 1. The first-order chi connectivity index (χ1) is 15.4. The summed E-state index contributed by atoms with van der Waals surface area (Å²) in [6, 6.07) is 6.28. The average Bonchev–Trinajstić information content (AvgIpc) is 3.37. The number of carbonyl (C=O) groups excluding carboxylic acids is 3. The Balaban J connectivity index is 1.67. The van der Waals surface area contributed by atoms with Crippen LogP contribution in [0.25, 0.3) is 0 Å². The van der Waals surface area contributed by atoms with E-state index in [1.807, 2.05) is 6.92 Å². The van der Waals surface area contributed by atoms with Gasteiger partial charge in [-0.05, 0) is 43.0 Å². The number of ether oxygens (including phenoxy) is 1. The number of benzene rings is 1. The summed E-state index contributed by atoms with van der Waals surface area (Å²) in [6.07, 6.45) is 1.61. The SMILES string of the molecule is CCCNC(=O)[C@@H]1[C@H]2C(=O)N(CCO)C(C(=O)Nc3ccc(OC)cc3)C23S[C@@H]1CC3C. The van der Waals surface area contributed by atoms with Crippen LogP contribution in [0, 0.1) is 17.8 Å². The van der Waals surface area contributed by atoms with Crippen LogP contribution in [-0.4, -0.2) is 70.6 Å². The van der Waals surface area contributed by atoms with Crippen molar-refractivity contribution in [3.8, 4) is 5.75 Å². The Morgan fingerprint density at radius 3 is 2.62 bits per heavy atom. The third kappa shape index (κ3) is 3.46. The maximum Gasteiger partial charge on any atom is 0.248 e. The minimum absolute atomic E-state index is 0.0170. The molecule has 9 heteroatoms. The molecule has 3 fully saturated rings. The van der Waals surface area contributed by atoms with E-state index in [2.05, 4.69) is 17.6 Å². The summed E-state index contributed by atoms with van der Waals surface area (Å²) in [5.74, 6) is -0.819. The molecule has 32 heavy (non-hydrogen) atoms. The highest BCUT2D eigenvalue weighted by atomic mass is 32.2. The fraction of sp³-hybridized carbons (Fsp3) is 0.609. The predicted molar refractivity (Wildman–Crippen MR) is 122 cm³/mol. The van der Waals surface area contributed by atoms with Crippen LogP contribution < -0.4 is 15.4 Å². The second-order valence-corrected chi connectivity index (χ2v) is 10.4. The number of nitrogens with zero attached hydrogens (tertiary/aromatic N) is 1. The van der Waals surface area contributed by atoms with Crippen molar-refractivity contribution in [3.63, 3.8) is 0 Å². The van der Waals surface area contributed by atoms with Crippen LogP contribution in [-0.2, 0) is 14.4 Å². The molecule has 0 aliphatic carbocycles. The molecular weight excluding hydrogens is 430 g/mol. The van der Waals surface area contributed by atoms with Gasteiger partial charge in [0.2, 0.25) is 17.7 Å². The number of aliphatic hydroxyl groups excluding tert-OH is 1. The van der Waals surface area contributed by atoms with Gasteiger partial charge in [-0.2, -0.15) is 0 Å². The molecule has 1 aromatic rings. The molecule has 0 radical (unpaired) electrons. The molecule has 3 aliphatic rings. The lowest BCUT2D eigenvalue weighted by Crippen LogP contribution is -2.55. The van der Waals surface area contributed by atoms with Gasteiger partial charge < -0.3 is 25.4 Å². The fourth-order valence-corrected chi connectivity index (χ4v) is 8.14. The Kier molecular flexibility index (Phi) is 6.40. The predicted octanol–water partition coefficient (Wildman–Crippen LogP) is 1.49. The van der Waals surface area contributed by atoms with Crippen LogP contribution in [0.1, 0.15) is 26.7 Å². The van der Waals surface area contributed by atoms with Crippen molar-refractivity contribution in [2.75, 3.05) is 32.1 Å². The van der Waals surface area contributed by atoms with Gasteiger partial charge in [-0.25, -0.2) is 0 Å². The Morgan fingerprint density at radius 1 is 1.28 bits per heavy atom. The summed E-state index contributed by atoms with van der Waals surface area (Å²) >= 11 is 1.63. The molecule has 174 valence electrons. The molecule has 4 rings (SSSR count).